The molecule has 112 valence electrons. The van der Waals surface area contributed by atoms with Crippen LogP contribution in [0.15, 0.2) is 23.1 Å². The van der Waals surface area contributed by atoms with E-state index in [0.717, 1.165) is 25.7 Å². The van der Waals surface area contributed by atoms with E-state index < -0.39 is 10.0 Å². The molecule has 1 aliphatic rings. The molecule has 2 rings (SSSR count). The van der Waals surface area contributed by atoms with Gasteiger partial charge in [0, 0.05) is 13.1 Å². The first-order valence-electron chi connectivity index (χ1n) is 7.60. The third kappa shape index (κ3) is 2.91. The Bertz CT molecular complexity index is 562. The quantitative estimate of drug-likeness (QED) is 0.835. The highest BCUT2D eigenvalue weighted by Crippen LogP contribution is 2.26. The Hall–Kier alpha value is -0.870. The molecule has 4 heteroatoms. The number of rotatable bonds is 5. The molecule has 3 nitrogen and oxygen atoms in total. The summed E-state index contributed by atoms with van der Waals surface area (Å²) < 4.78 is 26.9. The van der Waals surface area contributed by atoms with Gasteiger partial charge in [0.1, 0.15) is 0 Å². The number of benzene rings is 1. The van der Waals surface area contributed by atoms with E-state index in [1.165, 1.54) is 28.3 Å². The Morgan fingerprint density at radius 1 is 1.10 bits per heavy atom. The van der Waals surface area contributed by atoms with Crippen molar-refractivity contribution >= 4 is 10.0 Å². The van der Waals surface area contributed by atoms with Crippen LogP contribution in [0.25, 0.3) is 0 Å². The van der Waals surface area contributed by atoms with Crippen LogP contribution in [0.3, 0.4) is 0 Å². The molecule has 1 aromatic carbocycles. The lowest BCUT2D eigenvalue weighted by molar-refractivity contribution is 0.349. The Labute approximate surface area is 123 Å². The fourth-order valence-corrected chi connectivity index (χ4v) is 4.59. The van der Waals surface area contributed by atoms with Crippen molar-refractivity contribution in [1.82, 2.24) is 4.31 Å². The summed E-state index contributed by atoms with van der Waals surface area (Å²) in [5, 5.41) is 0. The van der Waals surface area contributed by atoms with Gasteiger partial charge >= 0.3 is 0 Å². The third-order valence-corrected chi connectivity index (χ3v) is 6.36. The molecular weight excluding hydrogens is 270 g/mol. The van der Waals surface area contributed by atoms with Crippen molar-refractivity contribution < 1.29 is 8.42 Å². The van der Waals surface area contributed by atoms with E-state index in [1.807, 2.05) is 26.0 Å². The standard InChI is InChI=1S/C16H25NO2S/c1-4-15(5-2)17(3)20(18,19)16-11-10-13-8-6-7-9-14(13)12-16/h10-12,15H,4-9H2,1-3H3. The summed E-state index contributed by atoms with van der Waals surface area (Å²) in [7, 11) is -1.66. The second-order valence-corrected chi connectivity index (χ2v) is 7.63. The van der Waals surface area contributed by atoms with Gasteiger partial charge < -0.3 is 0 Å². The van der Waals surface area contributed by atoms with Crippen molar-refractivity contribution in [2.45, 2.75) is 63.3 Å². The van der Waals surface area contributed by atoms with Crippen LogP contribution < -0.4 is 0 Å². The van der Waals surface area contributed by atoms with Gasteiger partial charge in [0.25, 0.3) is 0 Å². The highest BCUT2D eigenvalue weighted by Gasteiger charge is 2.26. The van der Waals surface area contributed by atoms with Crippen LogP contribution >= 0.6 is 0 Å². The molecule has 0 radical (unpaired) electrons. The maximum Gasteiger partial charge on any atom is 0.243 e. The van der Waals surface area contributed by atoms with Gasteiger partial charge in [0.2, 0.25) is 10.0 Å². The normalized spacial score (nSPS) is 15.7. The molecule has 0 aliphatic heterocycles. The topological polar surface area (TPSA) is 37.4 Å². The fraction of sp³-hybridized carbons (Fsp3) is 0.625. The molecule has 0 saturated heterocycles. The van der Waals surface area contributed by atoms with E-state index in [-0.39, 0.29) is 6.04 Å². The molecule has 1 aliphatic carbocycles. The molecule has 0 atom stereocenters. The summed E-state index contributed by atoms with van der Waals surface area (Å²) in [5.74, 6) is 0. The largest absolute Gasteiger partial charge is 0.243 e. The Balaban J connectivity index is 2.34. The van der Waals surface area contributed by atoms with Gasteiger partial charge in [-0.25, -0.2) is 8.42 Å². The van der Waals surface area contributed by atoms with Crippen LogP contribution in [0.1, 0.15) is 50.7 Å². The van der Waals surface area contributed by atoms with Crippen LogP contribution in [-0.2, 0) is 22.9 Å². The van der Waals surface area contributed by atoms with Crippen molar-refractivity contribution in [3.05, 3.63) is 29.3 Å². The van der Waals surface area contributed by atoms with Gasteiger partial charge in [-0.15, -0.1) is 0 Å². The Morgan fingerprint density at radius 3 is 2.30 bits per heavy atom. The minimum absolute atomic E-state index is 0.0797. The lowest BCUT2D eigenvalue weighted by atomic mass is 9.92. The van der Waals surface area contributed by atoms with Gasteiger partial charge in [-0.05, 0) is 61.8 Å². The number of nitrogens with zero attached hydrogens (tertiary/aromatic N) is 1. The SMILES string of the molecule is CCC(CC)N(C)S(=O)(=O)c1ccc2c(c1)CCCC2. The molecule has 0 saturated carbocycles. The average Bonchev–Trinajstić information content (AvgIpc) is 2.47. The van der Waals surface area contributed by atoms with Crippen molar-refractivity contribution in [1.29, 1.82) is 0 Å². The van der Waals surface area contributed by atoms with Crippen LogP contribution in [0, 0.1) is 0 Å². The van der Waals surface area contributed by atoms with Crippen LogP contribution in [0.4, 0.5) is 0 Å². The first kappa shape index (κ1) is 15.5. The summed E-state index contributed by atoms with van der Waals surface area (Å²) in [4.78, 5) is 0.451. The summed E-state index contributed by atoms with van der Waals surface area (Å²) >= 11 is 0. The Morgan fingerprint density at radius 2 is 1.70 bits per heavy atom. The molecule has 20 heavy (non-hydrogen) atoms. The number of fused-ring (bicyclic) bond motifs is 1. The first-order chi connectivity index (χ1) is 9.50. The zero-order chi connectivity index (χ0) is 14.8. The molecule has 0 N–H and O–H groups in total. The molecule has 0 amide bonds. The average molecular weight is 295 g/mol. The molecule has 0 heterocycles. The summed E-state index contributed by atoms with van der Waals surface area (Å²) in [6, 6.07) is 5.75. The lowest BCUT2D eigenvalue weighted by Gasteiger charge is -2.26. The highest BCUT2D eigenvalue weighted by atomic mass is 32.2. The monoisotopic (exact) mass is 295 g/mol. The third-order valence-electron chi connectivity index (χ3n) is 4.45. The van der Waals surface area contributed by atoms with E-state index in [2.05, 4.69) is 0 Å². The molecule has 0 fully saturated rings. The van der Waals surface area contributed by atoms with Crippen molar-refractivity contribution in [3.63, 3.8) is 0 Å². The number of aryl methyl sites for hydroxylation is 2. The summed E-state index contributed by atoms with van der Waals surface area (Å²) in [5.41, 5.74) is 2.54. The predicted octanol–water partition coefficient (Wildman–Crippen LogP) is 3.37. The lowest BCUT2D eigenvalue weighted by Crippen LogP contribution is -2.36. The number of sulfonamides is 1. The van der Waals surface area contributed by atoms with E-state index in [9.17, 15) is 8.42 Å². The molecule has 0 aromatic heterocycles. The van der Waals surface area contributed by atoms with Crippen molar-refractivity contribution in [2.75, 3.05) is 7.05 Å². The van der Waals surface area contributed by atoms with Crippen molar-refractivity contribution in [2.24, 2.45) is 0 Å². The van der Waals surface area contributed by atoms with Gasteiger partial charge in [-0.1, -0.05) is 19.9 Å². The Kier molecular flexibility index (Phi) is 4.86. The minimum Gasteiger partial charge on any atom is -0.207 e. The van der Waals surface area contributed by atoms with Crippen LogP contribution in [-0.4, -0.2) is 25.8 Å². The molecular formula is C16H25NO2S. The second-order valence-electron chi connectivity index (χ2n) is 5.63. The molecule has 0 bridgehead atoms. The van der Waals surface area contributed by atoms with Crippen molar-refractivity contribution in [3.8, 4) is 0 Å². The van der Waals surface area contributed by atoms with Crippen LogP contribution in [0.2, 0.25) is 0 Å². The minimum atomic E-state index is -3.36. The number of hydrogen-bond acceptors (Lipinski definition) is 2. The summed E-state index contributed by atoms with van der Waals surface area (Å²) in [6.07, 6.45) is 6.16. The fourth-order valence-electron chi connectivity index (χ4n) is 3.04. The maximum atomic E-state index is 12.7. The van der Waals surface area contributed by atoms with Gasteiger partial charge in [-0.2, -0.15) is 4.31 Å². The maximum absolute atomic E-state index is 12.7. The van der Waals surface area contributed by atoms with E-state index in [0.29, 0.717) is 4.90 Å². The van der Waals surface area contributed by atoms with Gasteiger partial charge in [0.15, 0.2) is 0 Å². The van der Waals surface area contributed by atoms with E-state index in [4.69, 9.17) is 0 Å². The van der Waals surface area contributed by atoms with Gasteiger partial charge in [0.05, 0.1) is 4.90 Å². The first-order valence-corrected chi connectivity index (χ1v) is 9.04. The second kappa shape index (κ2) is 6.27. The molecule has 1 aromatic rings. The van der Waals surface area contributed by atoms with E-state index >= 15 is 0 Å². The van der Waals surface area contributed by atoms with Crippen LogP contribution in [0.5, 0.6) is 0 Å². The van der Waals surface area contributed by atoms with Gasteiger partial charge in [-0.3, -0.25) is 0 Å². The predicted molar refractivity (Wildman–Crippen MR) is 82.4 cm³/mol. The summed E-state index contributed by atoms with van der Waals surface area (Å²) in [6.45, 7) is 4.07. The zero-order valence-electron chi connectivity index (χ0n) is 12.7. The van der Waals surface area contributed by atoms with E-state index in [1.54, 1.807) is 13.1 Å². The zero-order valence-corrected chi connectivity index (χ0v) is 13.5. The highest BCUT2D eigenvalue weighted by molar-refractivity contribution is 7.89. The molecule has 0 spiro atoms. The smallest absolute Gasteiger partial charge is 0.207 e. The number of hydrogen-bond donors (Lipinski definition) is 0. The molecule has 0 unspecified atom stereocenters.